The van der Waals surface area contributed by atoms with Crippen molar-refractivity contribution in [3.8, 4) is 0 Å². The van der Waals surface area contributed by atoms with Crippen LogP contribution in [-0.2, 0) is 19.6 Å². The molecule has 0 heterocycles. The van der Waals surface area contributed by atoms with Gasteiger partial charge in [-0.1, -0.05) is 42.5 Å². The van der Waals surface area contributed by atoms with Crippen LogP contribution in [-0.4, -0.2) is 31.9 Å². The first-order valence-corrected chi connectivity index (χ1v) is 15.2. The van der Waals surface area contributed by atoms with Crippen LogP contribution in [0.3, 0.4) is 0 Å². The van der Waals surface area contributed by atoms with Crippen LogP contribution in [0.1, 0.15) is 21.5 Å². The SMILES string of the molecule is Cc1ccccc1/C=C(\NC(=O)c1ccccc1)C(=O)Nc1ccc(SCC(=O)Nc2ccc(S(N)(=O)=O)cc2)cc1. The molecule has 5 N–H and O–H groups in total. The zero-order valence-electron chi connectivity index (χ0n) is 22.5. The predicted molar refractivity (Wildman–Crippen MR) is 165 cm³/mol. The first-order chi connectivity index (χ1) is 20.1. The summed E-state index contributed by atoms with van der Waals surface area (Å²) >= 11 is 1.29. The lowest BCUT2D eigenvalue weighted by atomic mass is 10.1. The second-order valence-corrected chi connectivity index (χ2v) is 11.7. The van der Waals surface area contributed by atoms with Crippen LogP contribution in [0.2, 0.25) is 0 Å². The second kappa shape index (κ2) is 13.8. The standard InChI is InChI=1S/C31H28N4O5S2/c1-21-7-5-6-10-23(21)19-28(35-30(37)22-8-3-2-4-9-22)31(38)34-25-11-15-26(16-12-25)41-20-29(36)33-24-13-17-27(18-14-24)42(32,39)40/h2-19H,20H2,1H3,(H,33,36)(H,34,38)(H,35,37)(H2,32,39,40)/b28-19-. The average molecular weight is 601 g/mol. The molecule has 214 valence electrons. The summed E-state index contributed by atoms with van der Waals surface area (Å²) in [5, 5.41) is 13.3. The Labute approximate surface area is 248 Å². The van der Waals surface area contributed by atoms with Crippen molar-refractivity contribution in [3.05, 3.63) is 126 Å². The van der Waals surface area contributed by atoms with E-state index >= 15 is 0 Å². The maximum Gasteiger partial charge on any atom is 0.272 e. The molecule has 0 aliphatic rings. The van der Waals surface area contributed by atoms with E-state index in [1.807, 2.05) is 31.2 Å². The minimum absolute atomic E-state index is 0.0431. The van der Waals surface area contributed by atoms with E-state index in [1.165, 1.54) is 36.0 Å². The maximum absolute atomic E-state index is 13.3. The van der Waals surface area contributed by atoms with Crippen LogP contribution in [0.25, 0.3) is 6.08 Å². The fraction of sp³-hybridized carbons (Fsp3) is 0.0645. The first kappa shape index (κ1) is 30.3. The van der Waals surface area contributed by atoms with E-state index in [2.05, 4.69) is 16.0 Å². The number of rotatable bonds is 10. The van der Waals surface area contributed by atoms with Crippen molar-refractivity contribution in [2.75, 3.05) is 16.4 Å². The van der Waals surface area contributed by atoms with Gasteiger partial charge in [-0.2, -0.15) is 0 Å². The Morgan fingerprint density at radius 1 is 0.786 bits per heavy atom. The molecule has 0 aliphatic carbocycles. The highest BCUT2D eigenvalue weighted by molar-refractivity contribution is 8.00. The van der Waals surface area contributed by atoms with Gasteiger partial charge in [0.05, 0.1) is 10.6 Å². The number of carbonyl (C=O) groups is 3. The molecule has 0 aromatic heterocycles. The summed E-state index contributed by atoms with van der Waals surface area (Å²) in [5.74, 6) is -1.06. The van der Waals surface area contributed by atoms with Crippen molar-refractivity contribution >= 4 is 57.0 Å². The van der Waals surface area contributed by atoms with Gasteiger partial charge in [0.2, 0.25) is 15.9 Å². The third kappa shape index (κ3) is 8.64. The number of nitrogens with one attached hydrogen (secondary N) is 3. The van der Waals surface area contributed by atoms with E-state index in [1.54, 1.807) is 60.7 Å². The molecule has 0 unspecified atom stereocenters. The summed E-state index contributed by atoms with van der Waals surface area (Å²) in [5.41, 5.74) is 3.20. The fourth-order valence-electron chi connectivity index (χ4n) is 3.75. The number of hydrogen-bond acceptors (Lipinski definition) is 6. The number of thioether (sulfide) groups is 1. The Hall–Kier alpha value is -4.71. The lowest BCUT2D eigenvalue weighted by molar-refractivity contribution is -0.114. The molecule has 4 aromatic carbocycles. The summed E-state index contributed by atoms with van der Waals surface area (Å²) in [6.07, 6.45) is 1.64. The summed E-state index contributed by atoms with van der Waals surface area (Å²) in [4.78, 5) is 39.2. The van der Waals surface area contributed by atoms with Crippen LogP contribution in [0, 0.1) is 6.92 Å². The van der Waals surface area contributed by atoms with Crippen molar-refractivity contribution < 1.29 is 22.8 Å². The number of sulfonamides is 1. The summed E-state index contributed by atoms with van der Waals surface area (Å²) < 4.78 is 22.7. The lowest BCUT2D eigenvalue weighted by Gasteiger charge is -2.12. The highest BCUT2D eigenvalue weighted by Crippen LogP contribution is 2.22. The van der Waals surface area contributed by atoms with E-state index in [9.17, 15) is 22.8 Å². The zero-order chi connectivity index (χ0) is 30.1. The molecule has 0 saturated carbocycles. The van der Waals surface area contributed by atoms with Crippen LogP contribution >= 0.6 is 11.8 Å². The maximum atomic E-state index is 13.3. The normalized spacial score (nSPS) is 11.4. The molecule has 0 aliphatic heterocycles. The Morgan fingerprint density at radius 2 is 1.38 bits per heavy atom. The predicted octanol–water partition coefficient (Wildman–Crippen LogP) is 4.78. The van der Waals surface area contributed by atoms with Crippen molar-refractivity contribution in [1.82, 2.24) is 5.32 Å². The Balaban J connectivity index is 1.38. The van der Waals surface area contributed by atoms with Crippen LogP contribution in [0.5, 0.6) is 0 Å². The van der Waals surface area contributed by atoms with Gasteiger partial charge in [0.25, 0.3) is 11.8 Å². The zero-order valence-corrected chi connectivity index (χ0v) is 24.2. The summed E-state index contributed by atoms with van der Waals surface area (Å²) in [6.45, 7) is 1.92. The van der Waals surface area contributed by atoms with Crippen molar-refractivity contribution in [3.63, 3.8) is 0 Å². The van der Waals surface area contributed by atoms with Crippen LogP contribution in [0.15, 0.2) is 119 Å². The molecule has 0 spiro atoms. The van der Waals surface area contributed by atoms with E-state index < -0.39 is 21.8 Å². The molecule has 4 aromatic rings. The molecule has 0 radical (unpaired) electrons. The van der Waals surface area contributed by atoms with Crippen molar-refractivity contribution in [2.24, 2.45) is 5.14 Å². The molecule has 0 atom stereocenters. The fourth-order valence-corrected chi connectivity index (χ4v) is 4.97. The minimum Gasteiger partial charge on any atom is -0.325 e. The first-order valence-electron chi connectivity index (χ1n) is 12.7. The lowest BCUT2D eigenvalue weighted by Crippen LogP contribution is -2.30. The highest BCUT2D eigenvalue weighted by Gasteiger charge is 2.16. The average Bonchev–Trinajstić information content (AvgIpc) is 2.97. The van der Waals surface area contributed by atoms with Gasteiger partial charge in [0, 0.05) is 21.8 Å². The monoisotopic (exact) mass is 600 g/mol. The van der Waals surface area contributed by atoms with E-state index in [4.69, 9.17) is 5.14 Å². The Bertz CT molecular complexity index is 1720. The molecule has 0 fully saturated rings. The van der Waals surface area contributed by atoms with Crippen LogP contribution in [0.4, 0.5) is 11.4 Å². The van der Waals surface area contributed by atoms with Crippen molar-refractivity contribution in [1.29, 1.82) is 0 Å². The van der Waals surface area contributed by atoms with Crippen molar-refractivity contribution in [2.45, 2.75) is 16.7 Å². The number of carbonyl (C=O) groups excluding carboxylic acids is 3. The number of anilines is 2. The quantitative estimate of drug-likeness (QED) is 0.152. The molecule has 11 heteroatoms. The molecule has 0 saturated heterocycles. The number of nitrogens with two attached hydrogens (primary N) is 1. The largest absolute Gasteiger partial charge is 0.325 e. The van der Waals surface area contributed by atoms with Gasteiger partial charge < -0.3 is 16.0 Å². The van der Waals surface area contributed by atoms with E-state index in [-0.39, 0.29) is 22.3 Å². The molecular formula is C31H28N4O5S2. The Morgan fingerprint density at radius 3 is 2.02 bits per heavy atom. The van der Waals surface area contributed by atoms with Gasteiger partial charge in [-0.05, 0) is 84.8 Å². The molecular weight excluding hydrogens is 572 g/mol. The van der Waals surface area contributed by atoms with Gasteiger partial charge in [-0.25, -0.2) is 13.6 Å². The Kier molecular flexibility index (Phi) is 9.92. The molecule has 42 heavy (non-hydrogen) atoms. The van der Waals surface area contributed by atoms with Gasteiger partial charge in [0.15, 0.2) is 0 Å². The topological polar surface area (TPSA) is 147 Å². The molecule has 4 rings (SSSR count). The van der Waals surface area contributed by atoms with E-state index in [0.29, 0.717) is 16.9 Å². The summed E-state index contributed by atoms with van der Waals surface area (Å²) in [6, 6.07) is 28.7. The van der Waals surface area contributed by atoms with E-state index in [0.717, 1.165) is 16.0 Å². The smallest absolute Gasteiger partial charge is 0.272 e. The molecule has 0 bridgehead atoms. The molecule has 9 nitrogen and oxygen atoms in total. The molecule has 3 amide bonds. The number of primary sulfonamides is 1. The minimum atomic E-state index is -3.81. The second-order valence-electron chi connectivity index (χ2n) is 9.12. The van der Waals surface area contributed by atoms with Gasteiger partial charge >= 0.3 is 0 Å². The van der Waals surface area contributed by atoms with Gasteiger partial charge in [-0.15, -0.1) is 11.8 Å². The number of amides is 3. The highest BCUT2D eigenvalue weighted by atomic mass is 32.2. The van der Waals surface area contributed by atoms with Crippen LogP contribution < -0.4 is 21.1 Å². The third-order valence-electron chi connectivity index (χ3n) is 5.97. The van der Waals surface area contributed by atoms with Gasteiger partial charge in [-0.3, -0.25) is 14.4 Å². The number of benzene rings is 4. The number of aryl methyl sites for hydroxylation is 1. The summed E-state index contributed by atoms with van der Waals surface area (Å²) in [7, 11) is -3.81. The third-order valence-corrected chi connectivity index (χ3v) is 7.91. The number of hydrogen-bond donors (Lipinski definition) is 4. The van der Waals surface area contributed by atoms with Gasteiger partial charge in [0.1, 0.15) is 5.70 Å².